The number of piperazine rings is 1. The Balaban J connectivity index is 1.34. The number of carbonyl (C=O) groups excluding carboxylic acids is 1. The van der Waals surface area contributed by atoms with Gasteiger partial charge in [0.15, 0.2) is 11.5 Å². The molecule has 1 atom stereocenters. The molecule has 2 aromatic rings. The molecule has 2 fully saturated rings. The number of carbonyl (C=O) groups is 1. The maximum atomic E-state index is 13.2. The molecular formula is C24H33N5O4. The summed E-state index contributed by atoms with van der Waals surface area (Å²) < 4.78 is 16.5. The monoisotopic (exact) mass is 455 g/mol. The summed E-state index contributed by atoms with van der Waals surface area (Å²) in [6.07, 6.45) is 5.40. The average molecular weight is 456 g/mol. The van der Waals surface area contributed by atoms with Gasteiger partial charge in [-0.25, -0.2) is 9.97 Å². The second-order valence-electron chi connectivity index (χ2n) is 8.43. The summed E-state index contributed by atoms with van der Waals surface area (Å²) in [4.78, 5) is 28.4. The van der Waals surface area contributed by atoms with Crippen LogP contribution >= 0.6 is 0 Å². The maximum Gasteiger partial charge on any atom is 0.227 e. The highest BCUT2D eigenvalue weighted by Gasteiger charge is 2.32. The summed E-state index contributed by atoms with van der Waals surface area (Å²) >= 11 is 0. The first-order valence-electron chi connectivity index (χ1n) is 11.5. The SMILES string of the molecule is COc1ccc(CN2CCN(C(=O)C3CCCN(c4ncccn4)C3)CC2)c(OC)c1OC. The van der Waals surface area contributed by atoms with Crippen molar-refractivity contribution in [2.24, 2.45) is 5.92 Å². The third kappa shape index (κ3) is 5.13. The summed E-state index contributed by atoms with van der Waals surface area (Å²) in [5.41, 5.74) is 1.04. The van der Waals surface area contributed by atoms with Crippen molar-refractivity contribution in [1.82, 2.24) is 19.8 Å². The van der Waals surface area contributed by atoms with Crippen molar-refractivity contribution in [1.29, 1.82) is 0 Å². The van der Waals surface area contributed by atoms with Crippen molar-refractivity contribution in [3.63, 3.8) is 0 Å². The Morgan fingerprint density at radius 2 is 1.70 bits per heavy atom. The fourth-order valence-corrected chi connectivity index (χ4v) is 4.73. The van der Waals surface area contributed by atoms with E-state index >= 15 is 0 Å². The Hall–Kier alpha value is -3.07. The molecular weight excluding hydrogens is 422 g/mol. The van der Waals surface area contributed by atoms with E-state index in [4.69, 9.17) is 14.2 Å². The van der Waals surface area contributed by atoms with Crippen molar-refractivity contribution in [3.05, 3.63) is 36.2 Å². The Morgan fingerprint density at radius 3 is 2.36 bits per heavy atom. The van der Waals surface area contributed by atoms with Gasteiger partial charge in [-0.05, 0) is 25.0 Å². The first kappa shape index (κ1) is 23.1. The molecule has 33 heavy (non-hydrogen) atoms. The van der Waals surface area contributed by atoms with Crippen LogP contribution in [0, 0.1) is 5.92 Å². The number of anilines is 1. The third-order valence-corrected chi connectivity index (χ3v) is 6.47. The Labute approximate surface area is 195 Å². The zero-order chi connectivity index (χ0) is 23.2. The molecule has 0 spiro atoms. The van der Waals surface area contributed by atoms with Gasteiger partial charge in [-0.1, -0.05) is 6.07 Å². The van der Waals surface area contributed by atoms with Crippen molar-refractivity contribution < 1.29 is 19.0 Å². The van der Waals surface area contributed by atoms with Crippen LogP contribution in [0.15, 0.2) is 30.6 Å². The minimum atomic E-state index is 0.0000458. The molecule has 1 unspecified atom stereocenters. The molecule has 3 heterocycles. The molecule has 2 aliphatic rings. The molecule has 2 saturated heterocycles. The van der Waals surface area contributed by atoms with E-state index in [9.17, 15) is 4.79 Å². The molecule has 1 aromatic heterocycles. The van der Waals surface area contributed by atoms with E-state index in [1.54, 1.807) is 33.7 Å². The molecule has 0 saturated carbocycles. The molecule has 9 nitrogen and oxygen atoms in total. The van der Waals surface area contributed by atoms with Gasteiger partial charge < -0.3 is 24.0 Å². The predicted octanol–water partition coefficient (Wildman–Crippen LogP) is 2.06. The standard InChI is InChI=1S/C24H33N5O4/c1-31-20-8-7-18(21(32-2)22(20)33-3)16-27-12-14-28(15-13-27)23(30)19-6-4-11-29(17-19)24-25-9-5-10-26-24/h5,7-10,19H,4,6,11-17H2,1-3H3. The highest BCUT2D eigenvalue weighted by atomic mass is 16.5. The molecule has 1 aromatic carbocycles. The average Bonchev–Trinajstić information content (AvgIpc) is 2.89. The van der Waals surface area contributed by atoms with Crippen molar-refractivity contribution in [2.75, 3.05) is 65.5 Å². The van der Waals surface area contributed by atoms with Gasteiger partial charge in [0.25, 0.3) is 0 Å². The first-order valence-corrected chi connectivity index (χ1v) is 11.5. The number of hydrogen-bond acceptors (Lipinski definition) is 8. The van der Waals surface area contributed by atoms with Gasteiger partial charge in [0, 0.05) is 63.8 Å². The van der Waals surface area contributed by atoms with Gasteiger partial charge in [0.05, 0.1) is 27.2 Å². The number of hydrogen-bond donors (Lipinski definition) is 0. The van der Waals surface area contributed by atoms with Gasteiger partial charge in [-0.2, -0.15) is 0 Å². The Bertz CT molecular complexity index is 934. The van der Waals surface area contributed by atoms with Crippen LogP contribution in [0.1, 0.15) is 18.4 Å². The molecule has 0 N–H and O–H groups in total. The van der Waals surface area contributed by atoms with Crippen molar-refractivity contribution in [2.45, 2.75) is 19.4 Å². The van der Waals surface area contributed by atoms with E-state index in [1.165, 1.54) is 0 Å². The van der Waals surface area contributed by atoms with Gasteiger partial charge in [0.2, 0.25) is 17.6 Å². The van der Waals surface area contributed by atoms with Crippen LogP contribution in [0.25, 0.3) is 0 Å². The van der Waals surface area contributed by atoms with Crippen LogP contribution in [-0.4, -0.2) is 86.3 Å². The first-order chi connectivity index (χ1) is 16.1. The number of methoxy groups -OCH3 is 3. The number of amides is 1. The normalized spacial score (nSPS) is 19.3. The smallest absolute Gasteiger partial charge is 0.227 e. The maximum absolute atomic E-state index is 13.2. The van der Waals surface area contributed by atoms with Crippen LogP contribution in [0.5, 0.6) is 17.2 Å². The quantitative estimate of drug-likeness (QED) is 0.628. The fraction of sp³-hybridized carbons (Fsp3) is 0.542. The van der Waals surface area contributed by atoms with Crippen LogP contribution in [-0.2, 0) is 11.3 Å². The topological polar surface area (TPSA) is 80.3 Å². The fourth-order valence-electron chi connectivity index (χ4n) is 4.73. The van der Waals surface area contributed by atoms with Gasteiger partial charge in [-0.3, -0.25) is 9.69 Å². The van der Waals surface area contributed by atoms with E-state index in [2.05, 4.69) is 19.8 Å². The summed E-state index contributed by atoms with van der Waals surface area (Å²) in [7, 11) is 4.88. The highest BCUT2D eigenvalue weighted by Crippen LogP contribution is 2.40. The van der Waals surface area contributed by atoms with Crippen LogP contribution in [0.2, 0.25) is 0 Å². The molecule has 4 rings (SSSR count). The molecule has 178 valence electrons. The van der Waals surface area contributed by atoms with Gasteiger partial charge >= 0.3 is 0 Å². The van der Waals surface area contributed by atoms with Gasteiger partial charge in [-0.15, -0.1) is 0 Å². The van der Waals surface area contributed by atoms with E-state index in [-0.39, 0.29) is 11.8 Å². The van der Waals surface area contributed by atoms with Gasteiger partial charge in [0.1, 0.15) is 0 Å². The lowest BCUT2D eigenvalue weighted by Gasteiger charge is -2.39. The zero-order valence-electron chi connectivity index (χ0n) is 19.7. The van der Waals surface area contributed by atoms with Crippen molar-refractivity contribution >= 4 is 11.9 Å². The van der Waals surface area contributed by atoms with E-state index in [1.807, 2.05) is 23.1 Å². The zero-order valence-corrected chi connectivity index (χ0v) is 19.7. The summed E-state index contributed by atoms with van der Waals surface area (Å²) in [6, 6.07) is 5.73. The molecule has 9 heteroatoms. The minimum absolute atomic E-state index is 0.0000458. The van der Waals surface area contributed by atoms with Crippen LogP contribution in [0.3, 0.4) is 0 Å². The number of ether oxygens (including phenoxy) is 3. The van der Waals surface area contributed by atoms with E-state index in [0.717, 1.165) is 57.7 Å². The summed E-state index contributed by atoms with van der Waals surface area (Å²) in [6.45, 7) is 5.41. The molecule has 2 aliphatic heterocycles. The number of benzene rings is 1. The lowest BCUT2D eigenvalue weighted by Crippen LogP contribution is -2.52. The highest BCUT2D eigenvalue weighted by molar-refractivity contribution is 5.79. The lowest BCUT2D eigenvalue weighted by molar-refractivity contribution is -0.137. The summed E-state index contributed by atoms with van der Waals surface area (Å²) in [5, 5.41) is 0. The Kier molecular flexibility index (Phi) is 7.49. The second kappa shape index (κ2) is 10.7. The van der Waals surface area contributed by atoms with E-state index in [0.29, 0.717) is 29.7 Å². The van der Waals surface area contributed by atoms with Crippen molar-refractivity contribution in [3.8, 4) is 17.2 Å². The molecule has 0 aliphatic carbocycles. The minimum Gasteiger partial charge on any atom is -0.493 e. The second-order valence-corrected chi connectivity index (χ2v) is 8.43. The Morgan fingerprint density at radius 1 is 0.970 bits per heavy atom. The van der Waals surface area contributed by atoms with Crippen LogP contribution in [0.4, 0.5) is 5.95 Å². The third-order valence-electron chi connectivity index (χ3n) is 6.47. The largest absolute Gasteiger partial charge is 0.493 e. The molecule has 1 amide bonds. The number of piperidine rings is 1. The summed E-state index contributed by atoms with van der Waals surface area (Å²) in [5.74, 6) is 2.91. The number of aromatic nitrogens is 2. The molecule has 0 bridgehead atoms. The van der Waals surface area contributed by atoms with E-state index < -0.39 is 0 Å². The van der Waals surface area contributed by atoms with Crippen LogP contribution < -0.4 is 19.1 Å². The number of rotatable bonds is 7. The number of nitrogens with zero attached hydrogens (tertiary/aromatic N) is 5. The lowest BCUT2D eigenvalue weighted by atomic mass is 9.96. The predicted molar refractivity (Wildman–Crippen MR) is 125 cm³/mol. The molecule has 0 radical (unpaired) electrons.